The molecule has 1 aliphatic carbocycles. The minimum absolute atomic E-state index is 0.569. The maximum atomic E-state index is 3.50. The van der Waals surface area contributed by atoms with Crippen LogP contribution in [0, 0.1) is 5.92 Å². The van der Waals surface area contributed by atoms with Crippen LogP contribution in [0.2, 0.25) is 0 Å². The smallest absolute Gasteiger partial charge is 0.0175 e. The fourth-order valence-corrected chi connectivity index (χ4v) is 3.24. The van der Waals surface area contributed by atoms with Crippen LogP contribution >= 0.6 is 15.9 Å². The number of halogens is 1. The maximum Gasteiger partial charge on any atom is 0.0175 e. The normalized spacial score (nSPS) is 22.5. The van der Waals surface area contributed by atoms with E-state index in [4.69, 9.17) is 0 Å². The van der Waals surface area contributed by atoms with Gasteiger partial charge >= 0.3 is 0 Å². The Balaban J connectivity index is 2.06. The summed E-state index contributed by atoms with van der Waals surface area (Å²) in [6.07, 6.45) is 1.21. The zero-order valence-corrected chi connectivity index (χ0v) is 11.4. The van der Waals surface area contributed by atoms with E-state index in [1.165, 1.54) is 23.1 Å². The highest BCUT2D eigenvalue weighted by Crippen LogP contribution is 2.42. The van der Waals surface area contributed by atoms with Gasteiger partial charge in [0.1, 0.15) is 0 Å². The number of benzene rings is 2. The second-order valence-corrected chi connectivity index (χ2v) is 5.83. The van der Waals surface area contributed by atoms with Crippen LogP contribution in [0.1, 0.15) is 29.5 Å². The average molecular weight is 287 g/mol. The van der Waals surface area contributed by atoms with Crippen molar-refractivity contribution in [3.63, 3.8) is 0 Å². The van der Waals surface area contributed by atoms with Crippen LogP contribution in [0.5, 0.6) is 0 Å². The van der Waals surface area contributed by atoms with Gasteiger partial charge in [-0.15, -0.1) is 0 Å². The fraction of sp³-hybridized carbons (Fsp3) is 0.250. The molecule has 0 unspecified atom stereocenters. The maximum absolute atomic E-state index is 3.50. The minimum atomic E-state index is 0.569. The van der Waals surface area contributed by atoms with Crippen LogP contribution in [0.3, 0.4) is 0 Å². The molecule has 3 rings (SSSR count). The van der Waals surface area contributed by atoms with Crippen molar-refractivity contribution in [1.82, 2.24) is 0 Å². The van der Waals surface area contributed by atoms with Crippen LogP contribution in [-0.4, -0.2) is 0 Å². The first-order valence-electron chi connectivity index (χ1n) is 6.09. The molecule has 86 valence electrons. The first kappa shape index (κ1) is 11.0. The standard InChI is InChI=1S/C16H15Br/c1-11-10-13-4-2-3-5-15(13)16(11)12-6-8-14(17)9-7-12/h2-9,11,16H,10H2,1H3/t11-,16-/m0/s1. The highest BCUT2D eigenvalue weighted by atomic mass is 79.9. The largest absolute Gasteiger partial charge is 0.0620 e. The summed E-state index contributed by atoms with van der Waals surface area (Å²) in [4.78, 5) is 0. The topological polar surface area (TPSA) is 0 Å². The third-order valence-corrected chi connectivity index (χ3v) is 4.26. The minimum Gasteiger partial charge on any atom is -0.0620 e. The van der Waals surface area contributed by atoms with E-state index >= 15 is 0 Å². The molecule has 2 atom stereocenters. The van der Waals surface area contributed by atoms with Gasteiger partial charge in [-0.2, -0.15) is 0 Å². The van der Waals surface area contributed by atoms with E-state index in [9.17, 15) is 0 Å². The van der Waals surface area contributed by atoms with Gasteiger partial charge in [-0.05, 0) is 41.2 Å². The van der Waals surface area contributed by atoms with Gasteiger partial charge in [0.15, 0.2) is 0 Å². The zero-order chi connectivity index (χ0) is 11.8. The van der Waals surface area contributed by atoms with Crippen molar-refractivity contribution >= 4 is 15.9 Å². The SMILES string of the molecule is C[C@H]1Cc2ccccc2[C@@H]1c1ccc(Br)cc1. The second kappa shape index (κ2) is 4.30. The molecule has 17 heavy (non-hydrogen) atoms. The van der Waals surface area contributed by atoms with E-state index in [2.05, 4.69) is 71.4 Å². The molecule has 2 aromatic carbocycles. The Morgan fingerprint density at radius 3 is 2.47 bits per heavy atom. The Morgan fingerprint density at radius 1 is 1.00 bits per heavy atom. The van der Waals surface area contributed by atoms with Crippen molar-refractivity contribution in [1.29, 1.82) is 0 Å². The third-order valence-electron chi connectivity index (χ3n) is 3.73. The number of rotatable bonds is 1. The molecule has 0 N–H and O–H groups in total. The Hall–Kier alpha value is -1.08. The Kier molecular flexibility index (Phi) is 2.79. The molecule has 0 spiro atoms. The first-order chi connectivity index (χ1) is 8.25. The van der Waals surface area contributed by atoms with Gasteiger partial charge in [0.25, 0.3) is 0 Å². The quantitative estimate of drug-likeness (QED) is 0.708. The van der Waals surface area contributed by atoms with Gasteiger partial charge in [-0.1, -0.05) is 59.3 Å². The summed E-state index contributed by atoms with van der Waals surface area (Å²) in [6.45, 7) is 2.35. The van der Waals surface area contributed by atoms with Crippen molar-refractivity contribution < 1.29 is 0 Å². The molecule has 0 fully saturated rings. The fourth-order valence-electron chi connectivity index (χ4n) is 2.97. The molecular formula is C16H15Br. The summed E-state index contributed by atoms with van der Waals surface area (Å²) in [7, 11) is 0. The van der Waals surface area contributed by atoms with Crippen LogP contribution in [0.25, 0.3) is 0 Å². The molecule has 1 heteroatoms. The predicted molar refractivity (Wildman–Crippen MR) is 75.3 cm³/mol. The van der Waals surface area contributed by atoms with Crippen molar-refractivity contribution in [2.45, 2.75) is 19.3 Å². The lowest BCUT2D eigenvalue weighted by Crippen LogP contribution is -2.05. The van der Waals surface area contributed by atoms with Gasteiger partial charge in [-0.3, -0.25) is 0 Å². The molecule has 0 radical (unpaired) electrons. The molecule has 0 aliphatic heterocycles. The molecule has 0 heterocycles. The second-order valence-electron chi connectivity index (χ2n) is 4.91. The Bertz CT molecular complexity index is 527. The van der Waals surface area contributed by atoms with Gasteiger partial charge in [0, 0.05) is 10.4 Å². The van der Waals surface area contributed by atoms with Crippen LogP contribution in [0.4, 0.5) is 0 Å². The summed E-state index contributed by atoms with van der Waals surface area (Å²) in [5.74, 6) is 1.27. The van der Waals surface area contributed by atoms with E-state index in [-0.39, 0.29) is 0 Å². The average Bonchev–Trinajstić information content (AvgIpc) is 2.66. The van der Waals surface area contributed by atoms with E-state index in [0.29, 0.717) is 11.8 Å². The Labute approximate surface area is 111 Å². The van der Waals surface area contributed by atoms with Crippen LogP contribution < -0.4 is 0 Å². The number of hydrogen-bond acceptors (Lipinski definition) is 0. The monoisotopic (exact) mass is 286 g/mol. The molecular weight excluding hydrogens is 272 g/mol. The van der Waals surface area contributed by atoms with Gasteiger partial charge in [-0.25, -0.2) is 0 Å². The van der Waals surface area contributed by atoms with Crippen molar-refractivity contribution in [3.8, 4) is 0 Å². The summed E-state index contributed by atoms with van der Waals surface area (Å²) in [5.41, 5.74) is 4.47. The molecule has 0 amide bonds. The highest BCUT2D eigenvalue weighted by molar-refractivity contribution is 9.10. The van der Waals surface area contributed by atoms with E-state index in [1.54, 1.807) is 0 Å². The van der Waals surface area contributed by atoms with Crippen LogP contribution in [0.15, 0.2) is 53.0 Å². The zero-order valence-electron chi connectivity index (χ0n) is 9.86. The molecule has 0 aromatic heterocycles. The first-order valence-corrected chi connectivity index (χ1v) is 6.88. The molecule has 2 aromatic rings. The van der Waals surface area contributed by atoms with Gasteiger partial charge in [0.05, 0.1) is 0 Å². The molecule has 0 nitrogen and oxygen atoms in total. The van der Waals surface area contributed by atoms with Gasteiger partial charge in [0.2, 0.25) is 0 Å². The number of hydrogen-bond donors (Lipinski definition) is 0. The van der Waals surface area contributed by atoms with E-state index in [0.717, 1.165) is 4.47 Å². The lowest BCUT2D eigenvalue weighted by atomic mass is 9.87. The summed E-state index contributed by atoms with van der Waals surface area (Å²) < 4.78 is 1.15. The lowest BCUT2D eigenvalue weighted by Gasteiger charge is -2.17. The van der Waals surface area contributed by atoms with Crippen molar-refractivity contribution in [2.75, 3.05) is 0 Å². The van der Waals surface area contributed by atoms with Crippen LogP contribution in [-0.2, 0) is 6.42 Å². The predicted octanol–water partition coefficient (Wildman–Crippen LogP) is 4.77. The Morgan fingerprint density at radius 2 is 1.71 bits per heavy atom. The third kappa shape index (κ3) is 1.93. The molecule has 0 bridgehead atoms. The van der Waals surface area contributed by atoms with E-state index in [1.807, 2.05) is 0 Å². The molecule has 0 saturated carbocycles. The summed E-state index contributed by atoms with van der Waals surface area (Å²) >= 11 is 3.50. The van der Waals surface area contributed by atoms with E-state index < -0.39 is 0 Å². The summed E-state index contributed by atoms with van der Waals surface area (Å²) in [6, 6.07) is 17.6. The van der Waals surface area contributed by atoms with Gasteiger partial charge < -0.3 is 0 Å². The highest BCUT2D eigenvalue weighted by Gasteiger charge is 2.29. The van der Waals surface area contributed by atoms with Crippen molar-refractivity contribution in [2.24, 2.45) is 5.92 Å². The summed E-state index contributed by atoms with van der Waals surface area (Å²) in [5, 5.41) is 0. The molecule has 0 saturated heterocycles. The molecule has 1 aliphatic rings. The van der Waals surface area contributed by atoms with Crippen molar-refractivity contribution in [3.05, 3.63) is 69.7 Å². The lowest BCUT2D eigenvalue weighted by molar-refractivity contribution is 0.557. The number of fused-ring (bicyclic) bond motifs is 1.